The number of aromatic nitrogens is 1. The Labute approximate surface area is 119 Å². The van der Waals surface area contributed by atoms with E-state index in [-0.39, 0.29) is 11.5 Å². The van der Waals surface area contributed by atoms with Crippen molar-refractivity contribution in [3.63, 3.8) is 0 Å². The van der Waals surface area contributed by atoms with Gasteiger partial charge in [-0.25, -0.2) is 13.4 Å². The quantitative estimate of drug-likeness (QED) is 0.641. The van der Waals surface area contributed by atoms with Gasteiger partial charge in [-0.1, -0.05) is 18.2 Å². The number of para-hydroxylation sites is 1. The van der Waals surface area contributed by atoms with Gasteiger partial charge in [-0.05, 0) is 12.1 Å². The van der Waals surface area contributed by atoms with Gasteiger partial charge in [0.25, 0.3) is 0 Å². The van der Waals surface area contributed by atoms with Crippen LogP contribution in [0.1, 0.15) is 5.56 Å². The van der Waals surface area contributed by atoms with Gasteiger partial charge in [-0.2, -0.15) is 5.26 Å². The molecule has 0 radical (unpaired) electrons. The zero-order valence-electron chi connectivity index (χ0n) is 9.71. The maximum Gasteiger partial charge on any atom is 0.233 e. The molecule has 0 spiro atoms. The second-order valence-electron chi connectivity index (χ2n) is 3.74. The highest BCUT2D eigenvalue weighted by atomic mass is 35.7. The number of benzene rings is 1. The number of thioether (sulfide) groups is 1. The summed E-state index contributed by atoms with van der Waals surface area (Å²) in [6.07, 6.45) is 0. The van der Waals surface area contributed by atoms with Crippen LogP contribution in [0.5, 0.6) is 0 Å². The molecule has 0 aliphatic rings. The molecule has 0 saturated heterocycles. The van der Waals surface area contributed by atoms with Crippen LogP contribution in [-0.4, -0.2) is 24.9 Å². The average Bonchev–Trinajstić information content (AvgIpc) is 2.36. The molecule has 0 fully saturated rings. The molecular formula is C12H9ClN2O2S2. The fraction of sp³-hybridized carbons (Fsp3) is 0.167. The Morgan fingerprint density at radius 2 is 2.11 bits per heavy atom. The van der Waals surface area contributed by atoms with Gasteiger partial charge in [0.2, 0.25) is 9.05 Å². The largest absolute Gasteiger partial charge is 0.240 e. The third-order valence-corrected chi connectivity index (χ3v) is 4.78. The van der Waals surface area contributed by atoms with E-state index in [2.05, 4.69) is 11.1 Å². The highest BCUT2D eigenvalue weighted by molar-refractivity contribution is 8.14. The van der Waals surface area contributed by atoms with Crippen molar-refractivity contribution in [2.24, 2.45) is 0 Å². The van der Waals surface area contributed by atoms with Crippen molar-refractivity contribution in [1.82, 2.24) is 4.98 Å². The number of halogens is 1. The molecular weight excluding hydrogens is 304 g/mol. The van der Waals surface area contributed by atoms with E-state index in [0.717, 1.165) is 10.9 Å². The van der Waals surface area contributed by atoms with Crippen LogP contribution in [0.2, 0.25) is 0 Å². The van der Waals surface area contributed by atoms with Gasteiger partial charge in [0, 0.05) is 21.8 Å². The van der Waals surface area contributed by atoms with Crippen molar-refractivity contribution >= 4 is 42.4 Å². The predicted molar refractivity (Wildman–Crippen MR) is 76.8 cm³/mol. The lowest BCUT2D eigenvalue weighted by atomic mass is 10.2. The fourth-order valence-corrected chi connectivity index (χ4v) is 3.84. The molecule has 2 rings (SSSR count). The number of hydrogen-bond acceptors (Lipinski definition) is 5. The van der Waals surface area contributed by atoms with E-state index in [1.54, 1.807) is 6.07 Å². The molecule has 19 heavy (non-hydrogen) atoms. The lowest BCUT2D eigenvalue weighted by molar-refractivity contribution is 0.611. The molecule has 1 heterocycles. The molecule has 0 N–H and O–H groups in total. The Morgan fingerprint density at radius 3 is 2.79 bits per heavy atom. The Morgan fingerprint density at radius 1 is 1.37 bits per heavy atom. The second-order valence-corrected chi connectivity index (χ2v) is 7.72. The fourth-order valence-electron chi connectivity index (χ4n) is 1.53. The van der Waals surface area contributed by atoms with Crippen LogP contribution in [0, 0.1) is 11.3 Å². The predicted octanol–water partition coefficient (Wildman–Crippen LogP) is 2.77. The van der Waals surface area contributed by atoms with Crippen LogP contribution in [-0.2, 0) is 9.05 Å². The van der Waals surface area contributed by atoms with Crippen LogP contribution in [0.25, 0.3) is 10.9 Å². The van der Waals surface area contributed by atoms with Crippen molar-refractivity contribution in [3.8, 4) is 6.07 Å². The standard InChI is InChI=1S/C12H9ClN2O2S2/c13-19(16,17)6-5-18-12-10(8-14)7-9-3-1-2-4-11(9)15-12/h1-4,7H,5-6H2. The van der Waals surface area contributed by atoms with Gasteiger partial charge in [-0.3, -0.25) is 0 Å². The molecule has 1 aromatic carbocycles. The van der Waals surface area contributed by atoms with E-state index in [9.17, 15) is 8.42 Å². The third kappa shape index (κ3) is 3.83. The first kappa shape index (κ1) is 14.1. The first-order chi connectivity index (χ1) is 8.99. The summed E-state index contributed by atoms with van der Waals surface area (Å²) in [6.45, 7) is 0. The molecule has 0 saturated carbocycles. The summed E-state index contributed by atoms with van der Waals surface area (Å²) in [4.78, 5) is 4.37. The topological polar surface area (TPSA) is 70.8 Å². The number of nitrogens with zero attached hydrogens (tertiary/aromatic N) is 2. The van der Waals surface area contributed by atoms with E-state index < -0.39 is 9.05 Å². The molecule has 4 nitrogen and oxygen atoms in total. The van der Waals surface area contributed by atoms with Crippen LogP contribution in [0.3, 0.4) is 0 Å². The first-order valence-corrected chi connectivity index (χ1v) is 8.81. The van der Waals surface area contributed by atoms with Crippen molar-refractivity contribution < 1.29 is 8.42 Å². The minimum Gasteiger partial charge on any atom is -0.240 e. The van der Waals surface area contributed by atoms with Gasteiger partial charge in [-0.15, -0.1) is 11.8 Å². The number of rotatable bonds is 4. The minimum absolute atomic E-state index is 0.154. The van der Waals surface area contributed by atoms with Crippen LogP contribution in [0.4, 0.5) is 0 Å². The SMILES string of the molecule is N#Cc1cc2ccccc2nc1SCCS(=O)(=O)Cl. The average molecular weight is 313 g/mol. The van der Waals surface area contributed by atoms with E-state index >= 15 is 0 Å². The highest BCUT2D eigenvalue weighted by Crippen LogP contribution is 2.24. The maximum absolute atomic E-state index is 10.9. The molecule has 0 aliphatic heterocycles. The third-order valence-electron chi connectivity index (χ3n) is 2.38. The van der Waals surface area contributed by atoms with Crippen molar-refractivity contribution in [1.29, 1.82) is 5.26 Å². The molecule has 98 valence electrons. The lowest BCUT2D eigenvalue weighted by Crippen LogP contribution is -2.00. The number of fused-ring (bicyclic) bond motifs is 1. The number of hydrogen-bond donors (Lipinski definition) is 0. The Kier molecular flexibility index (Phi) is 4.30. The Balaban J connectivity index is 2.29. The highest BCUT2D eigenvalue weighted by Gasteiger charge is 2.10. The zero-order valence-corrected chi connectivity index (χ0v) is 12.1. The molecule has 0 unspecified atom stereocenters. The van der Waals surface area contributed by atoms with Gasteiger partial charge in [0.1, 0.15) is 11.1 Å². The second kappa shape index (κ2) is 5.78. The zero-order chi connectivity index (χ0) is 13.9. The molecule has 7 heteroatoms. The molecule has 0 aliphatic carbocycles. The van der Waals surface area contributed by atoms with Gasteiger partial charge < -0.3 is 0 Å². The molecule has 0 atom stereocenters. The van der Waals surface area contributed by atoms with E-state index in [1.165, 1.54) is 11.8 Å². The summed E-state index contributed by atoms with van der Waals surface area (Å²) in [7, 11) is 1.63. The molecule has 0 bridgehead atoms. The summed E-state index contributed by atoms with van der Waals surface area (Å²) in [6, 6.07) is 11.3. The van der Waals surface area contributed by atoms with E-state index in [1.807, 2.05) is 24.3 Å². The van der Waals surface area contributed by atoms with Crippen molar-refractivity contribution in [3.05, 3.63) is 35.9 Å². The smallest absolute Gasteiger partial charge is 0.233 e. The normalized spacial score (nSPS) is 11.4. The molecule has 0 amide bonds. The summed E-state index contributed by atoms with van der Waals surface area (Å²) < 4.78 is 21.7. The van der Waals surface area contributed by atoms with Gasteiger partial charge in [0.15, 0.2) is 0 Å². The number of pyridine rings is 1. The van der Waals surface area contributed by atoms with E-state index in [0.29, 0.717) is 10.6 Å². The molecule has 2 aromatic rings. The van der Waals surface area contributed by atoms with Crippen LogP contribution < -0.4 is 0 Å². The lowest BCUT2D eigenvalue weighted by Gasteiger charge is -2.04. The Bertz CT molecular complexity index is 754. The van der Waals surface area contributed by atoms with Crippen LogP contribution >= 0.6 is 22.4 Å². The first-order valence-electron chi connectivity index (χ1n) is 5.34. The van der Waals surface area contributed by atoms with Crippen LogP contribution in [0.15, 0.2) is 35.4 Å². The number of nitriles is 1. The summed E-state index contributed by atoms with van der Waals surface area (Å²) in [5.74, 6) is 0.116. The summed E-state index contributed by atoms with van der Waals surface area (Å²) in [5, 5.41) is 10.5. The van der Waals surface area contributed by atoms with E-state index in [4.69, 9.17) is 15.9 Å². The minimum atomic E-state index is -3.52. The summed E-state index contributed by atoms with van der Waals surface area (Å²) >= 11 is 1.22. The maximum atomic E-state index is 10.9. The Hall–Kier alpha value is -1.29. The molecule has 1 aromatic heterocycles. The van der Waals surface area contributed by atoms with Gasteiger partial charge in [0.05, 0.1) is 16.8 Å². The monoisotopic (exact) mass is 312 g/mol. The summed E-state index contributed by atoms with van der Waals surface area (Å²) in [5.41, 5.74) is 1.22. The van der Waals surface area contributed by atoms with Crippen molar-refractivity contribution in [2.75, 3.05) is 11.5 Å². The van der Waals surface area contributed by atoms with Crippen molar-refractivity contribution in [2.45, 2.75) is 5.03 Å². The van der Waals surface area contributed by atoms with Gasteiger partial charge >= 0.3 is 0 Å².